The van der Waals surface area contributed by atoms with E-state index in [4.69, 9.17) is 4.98 Å². The minimum atomic E-state index is -0.544. The number of piperidine rings is 1. The molecule has 184 valence electrons. The molecule has 36 heavy (non-hydrogen) atoms. The van der Waals surface area contributed by atoms with Crippen molar-refractivity contribution >= 4 is 33.2 Å². The molecule has 0 amide bonds. The number of fused-ring (bicyclic) bond motifs is 2. The van der Waals surface area contributed by atoms with Crippen LogP contribution >= 0.6 is 0 Å². The highest BCUT2D eigenvalue weighted by atomic mass is 19.1. The Hall–Kier alpha value is -3.52. The van der Waals surface area contributed by atoms with Crippen molar-refractivity contribution in [2.45, 2.75) is 52.1 Å². The van der Waals surface area contributed by atoms with Gasteiger partial charge in [-0.2, -0.15) is 0 Å². The van der Waals surface area contributed by atoms with Crippen molar-refractivity contribution in [3.05, 3.63) is 58.6 Å². The number of benzene rings is 2. The van der Waals surface area contributed by atoms with Crippen LogP contribution in [0, 0.1) is 16.1 Å². The number of aromatic nitrogens is 3. The Labute approximate surface area is 208 Å². The first-order valence-electron chi connectivity index (χ1n) is 12.7. The lowest BCUT2D eigenvalue weighted by molar-refractivity contribution is 0.0775. The smallest absolute Gasteiger partial charge is 0.175 e. The van der Waals surface area contributed by atoms with Gasteiger partial charge >= 0.3 is 0 Å². The van der Waals surface area contributed by atoms with Crippen LogP contribution in [0.2, 0.25) is 0 Å². The van der Waals surface area contributed by atoms with Crippen LogP contribution < -0.4 is 4.90 Å². The molecule has 1 atom stereocenters. The molecule has 1 spiro atoms. The van der Waals surface area contributed by atoms with E-state index in [1.165, 1.54) is 0 Å². The van der Waals surface area contributed by atoms with E-state index >= 15 is 4.39 Å². The number of nitrogens with zero attached hydrogens (tertiary/aromatic N) is 5. The number of aliphatic hydroxyl groups excluding tert-OH is 1. The van der Waals surface area contributed by atoms with Crippen molar-refractivity contribution in [3.8, 4) is 11.3 Å². The molecule has 0 radical (unpaired) electrons. The van der Waals surface area contributed by atoms with Crippen molar-refractivity contribution in [1.29, 1.82) is 0 Å². The lowest BCUT2D eigenvalue weighted by Gasteiger charge is -2.37. The molecule has 8 heteroatoms. The van der Waals surface area contributed by atoms with Gasteiger partial charge in [-0.05, 0) is 64.7 Å². The summed E-state index contributed by atoms with van der Waals surface area (Å²) in [6.45, 7) is 5.21. The standard InChI is InChI=1S/C28H28FN5O2/c1-3-16-6-5-7-17-12-18(33-36)13-19(23(16)17)25-24(29)26-20(14-30-25)27(32-22(4-2)31-26)34-11-10-28(8-9-28)21(35)15-34/h5-7,12-14,21,35H,3-4,8-11,15H2,1-2H3. The summed E-state index contributed by atoms with van der Waals surface area (Å²) in [5.41, 5.74) is 2.19. The maximum atomic E-state index is 16.3. The molecule has 2 aromatic heterocycles. The van der Waals surface area contributed by atoms with E-state index in [0.29, 0.717) is 35.6 Å². The quantitative estimate of drug-likeness (QED) is 0.356. The maximum Gasteiger partial charge on any atom is 0.175 e. The summed E-state index contributed by atoms with van der Waals surface area (Å²) in [6, 6.07) is 9.14. The van der Waals surface area contributed by atoms with E-state index in [9.17, 15) is 10.0 Å². The Bertz CT molecular complexity index is 1520. The molecule has 6 rings (SSSR count). The maximum absolute atomic E-state index is 16.3. The van der Waals surface area contributed by atoms with Crippen LogP contribution in [0.25, 0.3) is 32.9 Å². The number of nitroso groups, excluding NO2 is 1. The Balaban J connectivity index is 1.55. The van der Waals surface area contributed by atoms with Crippen LogP contribution in [0.3, 0.4) is 0 Å². The van der Waals surface area contributed by atoms with E-state index in [0.717, 1.165) is 48.6 Å². The highest BCUT2D eigenvalue weighted by Gasteiger charge is 2.51. The molecule has 1 aliphatic heterocycles. The Morgan fingerprint density at radius 1 is 1.17 bits per heavy atom. The summed E-state index contributed by atoms with van der Waals surface area (Å²) in [5, 5.41) is 16.1. The first-order chi connectivity index (χ1) is 17.5. The number of pyridine rings is 1. The third-order valence-corrected chi connectivity index (χ3v) is 7.99. The predicted molar refractivity (Wildman–Crippen MR) is 139 cm³/mol. The zero-order valence-electron chi connectivity index (χ0n) is 20.5. The summed E-state index contributed by atoms with van der Waals surface area (Å²) in [7, 11) is 0. The Kier molecular flexibility index (Phi) is 5.44. The summed E-state index contributed by atoms with van der Waals surface area (Å²) < 4.78 is 16.3. The molecule has 4 aromatic rings. The molecule has 3 heterocycles. The van der Waals surface area contributed by atoms with E-state index < -0.39 is 11.9 Å². The molecule has 1 aliphatic carbocycles. The molecule has 1 saturated heterocycles. The van der Waals surface area contributed by atoms with Gasteiger partial charge in [0.15, 0.2) is 5.82 Å². The summed E-state index contributed by atoms with van der Waals surface area (Å²) >= 11 is 0. The van der Waals surface area contributed by atoms with Gasteiger partial charge in [-0.15, -0.1) is 4.91 Å². The molecule has 2 aromatic carbocycles. The topological polar surface area (TPSA) is 91.6 Å². The molecule has 1 N–H and O–H groups in total. The first kappa shape index (κ1) is 22.9. The third kappa shape index (κ3) is 3.54. The van der Waals surface area contributed by atoms with Crippen molar-refractivity contribution < 1.29 is 9.50 Å². The second-order valence-electron chi connectivity index (χ2n) is 10.0. The van der Waals surface area contributed by atoms with E-state index in [-0.39, 0.29) is 22.3 Å². The van der Waals surface area contributed by atoms with Crippen molar-refractivity contribution in [2.24, 2.45) is 10.6 Å². The van der Waals surface area contributed by atoms with Gasteiger partial charge in [0, 0.05) is 31.3 Å². The van der Waals surface area contributed by atoms with Gasteiger partial charge < -0.3 is 10.0 Å². The fourth-order valence-electron chi connectivity index (χ4n) is 5.65. The van der Waals surface area contributed by atoms with Crippen LogP contribution in [-0.2, 0) is 12.8 Å². The molecule has 2 fully saturated rings. The van der Waals surface area contributed by atoms with Crippen LogP contribution in [0.15, 0.2) is 41.7 Å². The van der Waals surface area contributed by atoms with E-state index in [2.05, 4.69) is 15.1 Å². The minimum absolute atomic E-state index is 0.0548. The molecular weight excluding hydrogens is 457 g/mol. The summed E-state index contributed by atoms with van der Waals surface area (Å²) in [5.74, 6) is 0.612. The van der Waals surface area contributed by atoms with Crippen molar-refractivity contribution in [3.63, 3.8) is 0 Å². The van der Waals surface area contributed by atoms with Gasteiger partial charge in [0.05, 0.1) is 11.5 Å². The molecule has 7 nitrogen and oxygen atoms in total. The molecule has 0 bridgehead atoms. The number of aryl methyl sites for hydroxylation is 2. The molecule has 1 unspecified atom stereocenters. The summed E-state index contributed by atoms with van der Waals surface area (Å²) in [4.78, 5) is 27.4. The van der Waals surface area contributed by atoms with Gasteiger partial charge in [-0.3, -0.25) is 4.98 Å². The molecule has 1 saturated carbocycles. The van der Waals surface area contributed by atoms with Gasteiger partial charge in [-0.25, -0.2) is 14.4 Å². The van der Waals surface area contributed by atoms with E-state index in [1.54, 1.807) is 18.3 Å². The average Bonchev–Trinajstić information content (AvgIpc) is 3.69. The lowest BCUT2D eigenvalue weighted by Crippen LogP contribution is -2.45. The second kappa shape index (κ2) is 8.55. The van der Waals surface area contributed by atoms with Gasteiger partial charge in [0.25, 0.3) is 0 Å². The van der Waals surface area contributed by atoms with Crippen molar-refractivity contribution in [1.82, 2.24) is 15.0 Å². The zero-order valence-corrected chi connectivity index (χ0v) is 20.5. The number of rotatable bonds is 5. The Morgan fingerprint density at radius 3 is 2.69 bits per heavy atom. The molecule has 2 aliphatic rings. The second-order valence-corrected chi connectivity index (χ2v) is 10.0. The number of β-amino-alcohol motifs (C(OH)–C–C–N with tert-alkyl or cyclic N) is 1. The number of aliphatic hydroxyl groups is 1. The SMILES string of the molecule is CCc1nc(N2CCC3(CC3)C(O)C2)c2cnc(-c3cc(N=O)cc4cccc(CC)c34)c(F)c2n1. The lowest BCUT2D eigenvalue weighted by atomic mass is 9.90. The predicted octanol–water partition coefficient (Wildman–Crippen LogP) is 5.86. The highest BCUT2D eigenvalue weighted by molar-refractivity contribution is 6.02. The number of hydrogen-bond donors (Lipinski definition) is 1. The first-order valence-corrected chi connectivity index (χ1v) is 12.7. The zero-order chi connectivity index (χ0) is 25.0. The normalized spacial score (nSPS) is 18.8. The van der Waals surface area contributed by atoms with Gasteiger partial charge in [0.2, 0.25) is 0 Å². The van der Waals surface area contributed by atoms with Crippen molar-refractivity contribution in [2.75, 3.05) is 18.0 Å². The Morgan fingerprint density at radius 2 is 2.00 bits per heavy atom. The average molecular weight is 486 g/mol. The van der Waals surface area contributed by atoms with Gasteiger partial charge in [0.1, 0.15) is 28.5 Å². The fourth-order valence-corrected chi connectivity index (χ4v) is 5.65. The van der Waals surface area contributed by atoms with Crippen LogP contribution in [-0.4, -0.2) is 39.3 Å². The van der Waals surface area contributed by atoms with E-state index in [1.807, 2.05) is 36.9 Å². The van der Waals surface area contributed by atoms with Gasteiger partial charge in [-0.1, -0.05) is 32.0 Å². The fraction of sp³-hybridized carbons (Fsp3) is 0.393. The van der Waals surface area contributed by atoms with Crippen LogP contribution in [0.4, 0.5) is 15.9 Å². The number of hydrogen-bond acceptors (Lipinski definition) is 7. The third-order valence-electron chi connectivity index (χ3n) is 7.99. The van der Waals surface area contributed by atoms with Crippen LogP contribution in [0.5, 0.6) is 0 Å². The largest absolute Gasteiger partial charge is 0.391 e. The summed E-state index contributed by atoms with van der Waals surface area (Å²) in [6.07, 6.45) is 5.52. The highest BCUT2D eigenvalue weighted by Crippen LogP contribution is 2.54. The number of anilines is 1. The van der Waals surface area contributed by atoms with Crippen LogP contribution in [0.1, 0.15) is 44.5 Å². The minimum Gasteiger partial charge on any atom is -0.391 e. The monoisotopic (exact) mass is 485 g/mol. The molecular formula is C28H28FN5O2. The number of halogens is 1.